The van der Waals surface area contributed by atoms with Crippen LogP contribution in [0.15, 0.2) is 0 Å². The van der Waals surface area contributed by atoms with Crippen molar-refractivity contribution in [2.24, 2.45) is 5.92 Å². The van der Waals surface area contributed by atoms with Crippen molar-refractivity contribution < 1.29 is 9.18 Å². The molecule has 3 heteroatoms. The number of rotatable bonds is 4. The molecule has 72 valence electrons. The summed E-state index contributed by atoms with van der Waals surface area (Å²) in [6.07, 6.45) is 0.462. The number of carbonyl (C=O) groups excluding carboxylic acids is 1. The van der Waals surface area contributed by atoms with Crippen molar-refractivity contribution in [3.63, 3.8) is 0 Å². The largest absolute Gasteiger partial charge is 0.349 e. The van der Waals surface area contributed by atoms with E-state index in [1.165, 1.54) is 0 Å². The summed E-state index contributed by atoms with van der Waals surface area (Å²) in [5.41, 5.74) is -0.716. The molecule has 0 bridgehead atoms. The maximum atomic E-state index is 12.3. The SMILES string of the molecule is CC(C)CC(=O)NC(C)(C)CF. The molecule has 1 amide bonds. The highest BCUT2D eigenvalue weighted by atomic mass is 19.1. The zero-order valence-corrected chi connectivity index (χ0v) is 8.28. The molecule has 0 aliphatic carbocycles. The van der Waals surface area contributed by atoms with Gasteiger partial charge < -0.3 is 5.32 Å². The highest BCUT2D eigenvalue weighted by Gasteiger charge is 2.19. The Morgan fingerprint density at radius 3 is 2.33 bits per heavy atom. The van der Waals surface area contributed by atoms with Gasteiger partial charge in [-0.05, 0) is 19.8 Å². The van der Waals surface area contributed by atoms with Crippen LogP contribution in [0.5, 0.6) is 0 Å². The van der Waals surface area contributed by atoms with E-state index in [1.54, 1.807) is 13.8 Å². The van der Waals surface area contributed by atoms with Crippen molar-refractivity contribution in [1.82, 2.24) is 5.32 Å². The van der Waals surface area contributed by atoms with Gasteiger partial charge in [0.2, 0.25) is 5.91 Å². The summed E-state index contributed by atoms with van der Waals surface area (Å²) in [6.45, 7) is 6.73. The van der Waals surface area contributed by atoms with Gasteiger partial charge >= 0.3 is 0 Å². The van der Waals surface area contributed by atoms with E-state index in [2.05, 4.69) is 5.32 Å². The van der Waals surface area contributed by atoms with Crippen molar-refractivity contribution >= 4 is 5.91 Å². The van der Waals surface area contributed by atoms with Gasteiger partial charge in [0, 0.05) is 6.42 Å². The van der Waals surface area contributed by atoms with E-state index < -0.39 is 12.2 Å². The highest BCUT2D eigenvalue weighted by molar-refractivity contribution is 5.76. The minimum atomic E-state index is -0.716. The second-order valence-electron chi connectivity index (χ2n) is 4.16. The number of halogens is 1. The Balaban J connectivity index is 3.84. The lowest BCUT2D eigenvalue weighted by atomic mass is 10.1. The molecule has 0 saturated heterocycles. The lowest BCUT2D eigenvalue weighted by Crippen LogP contribution is -2.45. The fraction of sp³-hybridized carbons (Fsp3) is 0.889. The van der Waals surface area contributed by atoms with Gasteiger partial charge in [0.25, 0.3) is 0 Å². The predicted molar refractivity (Wildman–Crippen MR) is 47.7 cm³/mol. The molecule has 0 saturated carbocycles. The van der Waals surface area contributed by atoms with Crippen LogP contribution in [-0.4, -0.2) is 18.1 Å². The van der Waals surface area contributed by atoms with E-state index in [0.29, 0.717) is 12.3 Å². The Morgan fingerprint density at radius 1 is 1.50 bits per heavy atom. The Morgan fingerprint density at radius 2 is 2.00 bits per heavy atom. The van der Waals surface area contributed by atoms with Crippen LogP contribution in [0, 0.1) is 5.92 Å². The summed E-state index contributed by atoms with van der Waals surface area (Å²) in [6, 6.07) is 0. The molecule has 2 nitrogen and oxygen atoms in total. The van der Waals surface area contributed by atoms with Crippen molar-refractivity contribution in [2.75, 3.05) is 6.67 Å². The monoisotopic (exact) mass is 175 g/mol. The Kier molecular flexibility index (Phi) is 4.21. The first-order chi connectivity index (χ1) is 5.37. The summed E-state index contributed by atoms with van der Waals surface area (Å²) in [5, 5.41) is 2.62. The summed E-state index contributed by atoms with van der Waals surface area (Å²) in [5.74, 6) is 0.244. The van der Waals surface area contributed by atoms with Crippen LogP contribution in [0.2, 0.25) is 0 Å². The molecule has 0 atom stereocenters. The first kappa shape index (κ1) is 11.4. The average Bonchev–Trinajstić information content (AvgIpc) is 1.84. The maximum absolute atomic E-state index is 12.3. The average molecular weight is 175 g/mol. The Bertz CT molecular complexity index is 155. The van der Waals surface area contributed by atoms with E-state index in [1.807, 2.05) is 13.8 Å². The van der Waals surface area contributed by atoms with E-state index in [-0.39, 0.29) is 5.91 Å². The molecule has 0 aromatic carbocycles. The Labute approximate surface area is 73.5 Å². The fourth-order valence-electron chi connectivity index (χ4n) is 0.833. The van der Waals surface area contributed by atoms with Gasteiger partial charge in [-0.15, -0.1) is 0 Å². The van der Waals surface area contributed by atoms with Crippen molar-refractivity contribution in [1.29, 1.82) is 0 Å². The van der Waals surface area contributed by atoms with Gasteiger partial charge in [0.15, 0.2) is 0 Å². The molecule has 0 radical (unpaired) electrons. The van der Waals surface area contributed by atoms with Crippen LogP contribution in [0.3, 0.4) is 0 Å². The lowest BCUT2D eigenvalue weighted by Gasteiger charge is -2.22. The fourth-order valence-corrected chi connectivity index (χ4v) is 0.833. The number of alkyl halides is 1. The summed E-state index contributed by atoms with van der Waals surface area (Å²) in [7, 11) is 0. The molecule has 0 rings (SSSR count). The molecular weight excluding hydrogens is 157 g/mol. The molecule has 0 aromatic rings. The van der Waals surface area contributed by atoms with E-state index in [0.717, 1.165) is 0 Å². The molecule has 0 heterocycles. The van der Waals surface area contributed by atoms with Gasteiger partial charge in [-0.1, -0.05) is 13.8 Å². The van der Waals surface area contributed by atoms with Gasteiger partial charge in [0.05, 0.1) is 5.54 Å². The number of carbonyl (C=O) groups is 1. The lowest BCUT2D eigenvalue weighted by molar-refractivity contribution is -0.123. The third kappa shape index (κ3) is 5.10. The molecule has 0 aromatic heterocycles. The van der Waals surface area contributed by atoms with Crippen molar-refractivity contribution in [2.45, 2.75) is 39.7 Å². The summed E-state index contributed by atoms with van der Waals surface area (Å²) >= 11 is 0. The van der Waals surface area contributed by atoms with Crippen LogP contribution in [0.1, 0.15) is 34.1 Å². The number of hydrogen-bond donors (Lipinski definition) is 1. The molecule has 0 unspecified atom stereocenters. The number of nitrogens with one attached hydrogen (secondary N) is 1. The highest BCUT2D eigenvalue weighted by Crippen LogP contribution is 2.05. The second-order valence-corrected chi connectivity index (χ2v) is 4.16. The molecule has 12 heavy (non-hydrogen) atoms. The van der Waals surface area contributed by atoms with E-state index >= 15 is 0 Å². The topological polar surface area (TPSA) is 29.1 Å². The molecule has 0 fully saturated rings. The van der Waals surface area contributed by atoms with E-state index in [9.17, 15) is 9.18 Å². The molecule has 1 N–H and O–H groups in total. The van der Waals surface area contributed by atoms with Crippen molar-refractivity contribution in [3.8, 4) is 0 Å². The minimum Gasteiger partial charge on any atom is -0.349 e. The van der Waals surface area contributed by atoms with Gasteiger partial charge in [0.1, 0.15) is 6.67 Å². The third-order valence-electron chi connectivity index (χ3n) is 1.41. The van der Waals surface area contributed by atoms with Crippen LogP contribution < -0.4 is 5.32 Å². The quantitative estimate of drug-likeness (QED) is 0.694. The molecular formula is C9H18FNO. The smallest absolute Gasteiger partial charge is 0.220 e. The minimum absolute atomic E-state index is 0.0762. The first-order valence-electron chi connectivity index (χ1n) is 4.24. The number of hydrogen-bond acceptors (Lipinski definition) is 1. The zero-order valence-electron chi connectivity index (χ0n) is 8.28. The predicted octanol–water partition coefficient (Wildman–Crippen LogP) is 1.90. The van der Waals surface area contributed by atoms with Gasteiger partial charge in [-0.3, -0.25) is 4.79 Å². The zero-order chi connectivity index (χ0) is 9.78. The van der Waals surface area contributed by atoms with Gasteiger partial charge in [-0.2, -0.15) is 0 Å². The van der Waals surface area contributed by atoms with Crippen LogP contribution >= 0.6 is 0 Å². The second kappa shape index (κ2) is 4.43. The van der Waals surface area contributed by atoms with Crippen LogP contribution in [0.4, 0.5) is 4.39 Å². The molecule has 0 aliphatic heterocycles. The van der Waals surface area contributed by atoms with Crippen LogP contribution in [0.25, 0.3) is 0 Å². The van der Waals surface area contributed by atoms with Crippen LogP contribution in [-0.2, 0) is 4.79 Å². The summed E-state index contributed by atoms with van der Waals surface area (Å²) < 4.78 is 12.3. The molecule has 0 aliphatic rings. The summed E-state index contributed by atoms with van der Waals surface area (Å²) in [4.78, 5) is 11.2. The standard InChI is InChI=1S/C9H18FNO/c1-7(2)5-8(12)11-9(3,4)6-10/h7H,5-6H2,1-4H3,(H,11,12). The van der Waals surface area contributed by atoms with E-state index in [4.69, 9.17) is 0 Å². The maximum Gasteiger partial charge on any atom is 0.220 e. The van der Waals surface area contributed by atoms with Gasteiger partial charge in [-0.25, -0.2) is 4.39 Å². The Hall–Kier alpha value is -0.600. The van der Waals surface area contributed by atoms with Crippen molar-refractivity contribution in [3.05, 3.63) is 0 Å². The number of amides is 1. The first-order valence-corrected chi connectivity index (χ1v) is 4.24. The normalized spacial score (nSPS) is 11.8. The molecule has 0 spiro atoms. The third-order valence-corrected chi connectivity index (χ3v) is 1.41.